The van der Waals surface area contributed by atoms with Gasteiger partial charge < -0.3 is 16.3 Å². The van der Waals surface area contributed by atoms with Crippen LogP contribution in [0.25, 0.3) is 0 Å². The third kappa shape index (κ3) is 2.55. The fourth-order valence-electron chi connectivity index (χ4n) is 2.72. The van der Waals surface area contributed by atoms with E-state index in [1.807, 2.05) is 6.92 Å². The van der Waals surface area contributed by atoms with E-state index in [0.717, 1.165) is 12.1 Å². The molecule has 0 saturated heterocycles. The first kappa shape index (κ1) is 15.2. The van der Waals surface area contributed by atoms with Gasteiger partial charge in [0.1, 0.15) is 17.0 Å². The van der Waals surface area contributed by atoms with Gasteiger partial charge in [-0.1, -0.05) is 12.1 Å². The Labute approximate surface area is 120 Å². The molecule has 21 heavy (non-hydrogen) atoms. The number of oxime groups is 1. The highest BCUT2D eigenvalue weighted by Crippen LogP contribution is 2.46. The Kier molecular flexibility index (Phi) is 3.85. The molecule has 1 aromatic rings. The molecule has 1 aromatic carbocycles. The third-order valence-corrected chi connectivity index (χ3v) is 3.92. The summed E-state index contributed by atoms with van der Waals surface area (Å²) in [4.78, 5) is 12.3. The number of rotatable bonds is 3. The van der Waals surface area contributed by atoms with Crippen LogP contribution < -0.4 is 11.1 Å². The zero-order valence-electron chi connectivity index (χ0n) is 11.8. The Balaban J connectivity index is 2.27. The Hall–Kier alpha value is -2.18. The average molecular weight is 297 g/mol. The van der Waals surface area contributed by atoms with Crippen molar-refractivity contribution in [3.8, 4) is 0 Å². The molecule has 2 rings (SSSR count). The molecular formula is C14H17F2N3O2. The summed E-state index contributed by atoms with van der Waals surface area (Å²) in [5, 5.41) is 14.1. The van der Waals surface area contributed by atoms with E-state index in [1.54, 1.807) is 0 Å². The Morgan fingerprint density at radius 3 is 2.57 bits per heavy atom. The summed E-state index contributed by atoms with van der Waals surface area (Å²) < 4.78 is 27.3. The van der Waals surface area contributed by atoms with E-state index in [2.05, 4.69) is 10.5 Å². The monoisotopic (exact) mass is 297 g/mol. The van der Waals surface area contributed by atoms with Gasteiger partial charge in [-0.15, -0.1) is 0 Å². The van der Waals surface area contributed by atoms with Gasteiger partial charge in [0.25, 0.3) is 0 Å². The molecule has 1 saturated carbocycles. The van der Waals surface area contributed by atoms with Gasteiger partial charge in [-0.3, -0.25) is 4.79 Å². The smallest absolute Gasteiger partial charge is 0.238 e. The first-order valence-electron chi connectivity index (χ1n) is 6.55. The number of carbonyl (C=O) groups is 1. The molecule has 0 aliphatic heterocycles. The first-order chi connectivity index (χ1) is 9.80. The number of amides is 1. The minimum absolute atomic E-state index is 0.147. The number of hydrogen-bond acceptors (Lipinski definition) is 3. The number of benzene rings is 1. The molecular weight excluding hydrogens is 280 g/mol. The van der Waals surface area contributed by atoms with Crippen LogP contribution in [0, 0.1) is 29.9 Å². The zero-order valence-corrected chi connectivity index (χ0v) is 11.8. The number of nitrogens with two attached hydrogens (primary N) is 1. The number of nitrogens with zero attached hydrogens (tertiary/aromatic N) is 1. The van der Waals surface area contributed by atoms with Crippen LogP contribution in [0.4, 0.5) is 14.5 Å². The topological polar surface area (TPSA) is 87.7 Å². The molecule has 0 heterocycles. The summed E-state index contributed by atoms with van der Waals surface area (Å²) in [6.07, 6.45) is 0.787. The maximum atomic E-state index is 13.8. The second kappa shape index (κ2) is 5.31. The fraction of sp³-hybridized carbons (Fsp3) is 0.429. The van der Waals surface area contributed by atoms with Crippen molar-refractivity contribution >= 4 is 17.4 Å². The summed E-state index contributed by atoms with van der Waals surface area (Å²) >= 11 is 0. The molecule has 0 unspecified atom stereocenters. The van der Waals surface area contributed by atoms with E-state index < -0.39 is 23.0 Å². The number of amidine groups is 1. The Morgan fingerprint density at radius 2 is 2.05 bits per heavy atom. The molecule has 0 radical (unpaired) electrons. The van der Waals surface area contributed by atoms with Crippen LogP contribution in [0.2, 0.25) is 0 Å². The number of nitrogens with one attached hydrogen (secondary N) is 1. The van der Waals surface area contributed by atoms with E-state index in [0.29, 0.717) is 12.8 Å². The van der Waals surface area contributed by atoms with Crippen molar-refractivity contribution in [3.63, 3.8) is 0 Å². The van der Waals surface area contributed by atoms with Crippen LogP contribution in [-0.4, -0.2) is 17.0 Å². The number of halogens is 2. The quantitative estimate of drug-likeness (QED) is 0.346. The highest BCUT2D eigenvalue weighted by atomic mass is 19.1. The fourth-order valence-corrected chi connectivity index (χ4v) is 2.72. The lowest BCUT2D eigenvalue weighted by atomic mass is 9.61. The van der Waals surface area contributed by atoms with E-state index in [4.69, 9.17) is 10.9 Å². The van der Waals surface area contributed by atoms with Gasteiger partial charge in [-0.05, 0) is 37.3 Å². The minimum atomic E-state index is -1.16. The van der Waals surface area contributed by atoms with Crippen LogP contribution >= 0.6 is 0 Å². The molecule has 7 heteroatoms. The van der Waals surface area contributed by atoms with Crippen LogP contribution in [0.3, 0.4) is 0 Å². The molecule has 1 amide bonds. The van der Waals surface area contributed by atoms with Crippen molar-refractivity contribution < 1.29 is 18.8 Å². The van der Waals surface area contributed by atoms with Crippen LogP contribution in [0.15, 0.2) is 17.3 Å². The first-order valence-corrected chi connectivity index (χ1v) is 6.55. The highest BCUT2D eigenvalue weighted by Gasteiger charge is 2.52. The van der Waals surface area contributed by atoms with Gasteiger partial charge in [0.05, 0.1) is 5.69 Å². The predicted octanol–water partition coefficient (Wildman–Crippen LogP) is 2.37. The van der Waals surface area contributed by atoms with Gasteiger partial charge in [0, 0.05) is 6.07 Å². The number of aryl methyl sites for hydroxylation is 1. The Bertz CT molecular complexity index is 610. The van der Waals surface area contributed by atoms with E-state index >= 15 is 0 Å². The molecule has 1 aliphatic carbocycles. The predicted molar refractivity (Wildman–Crippen MR) is 74.0 cm³/mol. The summed E-state index contributed by atoms with van der Waals surface area (Å²) in [6.45, 7) is 3.35. The maximum Gasteiger partial charge on any atom is 0.238 e. The van der Waals surface area contributed by atoms with Crippen molar-refractivity contribution in [2.24, 2.45) is 22.2 Å². The average Bonchev–Trinajstić information content (AvgIpc) is 2.39. The maximum absolute atomic E-state index is 13.8. The van der Waals surface area contributed by atoms with Gasteiger partial charge in [0.2, 0.25) is 5.91 Å². The summed E-state index contributed by atoms with van der Waals surface area (Å²) in [6, 6.07) is 1.93. The van der Waals surface area contributed by atoms with E-state index in [9.17, 15) is 13.6 Å². The summed E-state index contributed by atoms with van der Waals surface area (Å²) in [7, 11) is 0. The third-order valence-electron chi connectivity index (χ3n) is 3.92. The van der Waals surface area contributed by atoms with Crippen molar-refractivity contribution in [3.05, 3.63) is 29.3 Å². The second-order valence-corrected chi connectivity index (χ2v) is 5.62. The van der Waals surface area contributed by atoms with Gasteiger partial charge in [-0.2, -0.15) is 0 Å². The van der Waals surface area contributed by atoms with Crippen molar-refractivity contribution in [1.82, 2.24) is 0 Å². The lowest BCUT2D eigenvalue weighted by Gasteiger charge is -2.43. The van der Waals surface area contributed by atoms with Crippen LogP contribution in [0.5, 0.6) is 0 Å². The number of hydrogen-bond donors (Lipinski definition) is 3. The SMILES string of the molecule is Cc1cc(F)c(NC(=O)C2(/C(N)=N/O)CC(C)C2)cc1F. The lowest BCUT2D eigenvalue weighted by molar-refractivity contribution is -0.127. The lowest BCUT2D eigenvalue weighted by Crippen LogP contribution is -2.54. The molecule has 0 atom stereocenters. The molecule has 1 fully saturated rings. The van der Waals surface area contributed by atoms with E-state index in [-0.39, 0.29) is 23.0 Å². The number of carbonyl (C=O) groups excluding carboxylic acids is 1. The highest BCUT2D eigenvalue weighted by molar-refractivity contribution is 6.12. The summed E-state index contributed by atoms with van der Waals surface area (Å²) in [5.41, 5.74) is 4.32. The molecule has 1 aliphatic rings. The molecule has 114 valence electrons. The molecule has 4 N–H and O–H groups in total. The molecule has 0 bridgehead atoms. The largest absolute Gasteiger partial charge is 0.409 e. The number of anilines is 1. The summed E-state index contributed by atoms with van der Waals surface area (Å²) in [5.74, 6) is -1.93. The van der Waals surface area contributed by atoms with Gasteiger partial charge in [0.15, 0.2) is 5.84 Å². The van der Waals surface area contributed by atoms with Crippen molar-refractivity contribution in [1.29, 1.82) is 0 Å². The second-order valence-electron chi connectivity index (χ2n) is 5.62. The zero-order chi connectivity index (χ0) is 15.8. The standard InChI is InChI=1S/C14H17F2N3O2/c1-7-5-14(6-7,12(17)19-21)13(20)18-11-4-9(15)8(2)3-10(11)16/h3-4,7,21H,5-6H2,1-2H3,(H2,17,19)(H,18,20). The van der Waals surface area contributed by atoms with Crippen molar-refractivity contribution in [2.45, 2.75) is 26.7 Å². The Morgan fingerprint density at radius 1 is 1.43 bits per heavy atom. The minimum Gasteiger partial charge on any atom is -0.409 e. The molecule has 0 aromatic heterocycles. The van der Waals surface area contributed by atoms with Crippen LogP contribution in [0.1, 0.15) is 25.3 Å². The molecule has 0 spiro atoms. The molecule has 5 nitrogen and oxygen atoms in total. The van der Waals surface area contributed by atoms with Gasteiger partial charge in [-0.25, -0.2) is 8.78 Å². The van der Waals surface area contributed by atoms with Crippen LogP contribution in [-0.2, 0) is 4.79 Å². The van der Waals surface area contributed by atoms with E-state index in [1.165, 1.54) is 6.92 Å². The van der Waals surface area contributed by atoms with Crippen molar-refractivity contribution in [2.75, 3.05) is 5.32 Å². The van der Waals surface area contributed by atoms with Gasteiger partial charge >= 0.3 is 0 Å². The normalized spacial score (nSPS) is 25.3.